The maximum Gasteiger partial charge on any atom is 0.314 e. The van der Waals surface area contributed by atoms with E-state index >= 15 is 0 Å². The molecule has 2 N–H and O–H groups in total. The molecule has 0 radical (unpaired) electrons. The van der Waals surface area contributed by atoms with Crippen molar-refractivity contribution in [3.63, 3.8) is 0 Å². The van der Waals surface area contributed by atoms with Crippen molar-refractivity contribution >= 4 is 17.4 Å². The predicted molar refractivity (Wildman–Crippen MR) is 88.2 cm³/mol. The van der Waals surface area contributed by atoms with Gasteiger partial charge in [0.2, 0.25) is 0 Å². The van der Waals surface area contributed by atoms with Crippen molar-refractivity contribution in [3.8, 4) is 0 Å². The number of carbonyl (C=O) groups excluding carboxylic acids is 1. The number of amides is 2. The molecule has 0 bridgehead atoms. The van der Waals surface area contributed by atoms with E-state index in [0.717, 1.165) is 6.42 Å². The van der Waals surface area contributed by atoms with Crippen LogP contribution in [0.5, 0.6) is 0 Å². The summed E-state index contributed by atoms with van der Waals surface area (Å²) < 4.78 is 11.2. The Bertz CT molecular complexity index is 458. The lowest BCUT2D eigenvalue weighted by molar-refractivity contribution is -0.153. The van der Waals surface area contributed by atoms with Crippen LogP contribution in [0.3, 0.4) is 0 Å². The van der Waals surface area contributed by atoms with Gasteiger partial charge in [-0.1, -0.05) is 13.8 Å². The first-order valence-corrected chi connectivity index (χ1v) is 8.74. The summed E-state index contributed by atoms with van der Waals surface area (Å²) in [5, 5.41) is 10.0. The van der Waals surface area contributed by atoms with E-state index in [1.165, 1.54) is 5.56 Å². The van der Waals surface area contributed by atoms with Gasteiger partial charge in [-0.15, -0.1) is 0 Å². The van der Waals surface area contributed by atoms with Crippen molar-refractivity contribution in [2.24, 2.45) is 5.92 Å². The maximum absolute atomic E-state index is 11.9. The van der Waals surface area contributed by atoms with E-state index < -0.39 is 5.79 Å². The number of urea groups is 1. The number of ether oxygens (including phenoxy) is 2. The summed E-state index contributed by atoms with van der Waals surface area (Å²) >= 11 is 1.68. The van der Waals surface area contributed by atoms with Gasteiger partial charge in [-0.25, -0.2) is 4.79 Å². The molecule has 0 aromatic carbocycles. The normalized spacial score (nSPS) is 19.6. The highest BCUT2D eigenvalue weighted by Gasteiger charge is 2.32. The summed E-state index contributed by atoms with van der Waals surface area (Å²) in [6, 6.07) is 1.98. The Morgan fingerprint density at radius 3 is 2.64 bits per heavy atom. The van der Waals surface area contributed by atoms with Crippen LogP contribution in [0.4, 0.5) is 4.79 Å². The largest absolute Gasteiger partial charge is 0.348 e. The van der Waals surface area contributed by atoms with Crippen LogP contribution in [0.25, 0.3) is 0 Å². The van der Waals surface area contributed by atoms with Crippen LogP contribution in [0.1, 0.15) is 38.7 Å². The van der Waals surface area contributed by atoms with Crippen LogP contribution < -0.4 is 10.6 Å². The van der Waals surface area contributed by atoms with Crippen LogP contribution in [0, 0.1) is 5.92 Å². The van der Waals surface area contributed by atoms with Gasteiger partial charge in [-0.2, -0.15) is 11.3 Å². The molecule has 0 aliphatic carbocycles. The Kier molecular flexibility index (Phi) is 6.23. The highest BCUT2D eigenvalue weighted by molar-refractivity contribution is 7.07. The van der Waals surface area contributed by atoms with Gasteiger partial charge < -0.3 is 20.1 Å². The SMILES string of the molecule is C[C@@H](CNC(=O)NC[C@@H](C)c1ccsc1)CC1(C)OCCO1. The van der Waals surface area contributed by atoms with Crippen molar-refractivity contribution in [1.29, 1.82) is 0 Å². The van der Waals surface area contributed by atoms with Crippen LogP contribution >= 0.6 is 11.3 Å². The molecule has 0 spiro atoms. The molecule has 0 saturated carbocycles. The topological polar surface area (TPSA) is 59.6 Å². The van der Waals surface area contributed by atoms with Crippen molar-refractivity contribution in [1.82, 2.24) is 10.6 Å². The van der Waals surface area contributed by atoms with Gasteiger partial charge >= 0.3 is 6.03 Å². The Morgan fingerprint density at radius 1 is 1.32 bits per heavy atom. The molecule has 2 atom stereocenters. The molecule has 2 rings (SSSR count). The van der Waals surface area contributed by atoms with Crippen LogP contribution in [0.2, 0.25) is 0 Å². The highest BCUT2D eigenvalue weighted by Crippen LogP contribution is 2.26. The van der Waals surface area contributed by atoms with Crippen LogP contribution in [0.15, 0.2) is 16.8 Å². The summed E-state index contributed by atoms with van der Waals surface area (Å²) in [7, 11) is 0. The summed E-state index contributed by atoms with van der Waals surface area (Å²) in [6.07, 6.45) is 0.776. The molecule has 2 amide bonds. The first kappa shape index (κ1) is 17.2. The average molecular weight is 326 g/mol. The molecular weight excluding hydrogens is 300 g/mol. The second kappa shape index (κ2) is 7.94. The van der Waals surface area contributed by atoms with Gasteiger partial charge in [0.05, 0.1) is 13.2 Å². The molecule has 0 unspecified atom stereocenters. The zero-order valence-corrected chi connectivity index (χ0v) is 14.4. The Labute approximate surface area is 136 Å². The molecule has 124 valence electrons. The van der Waals surface area contributed by atoms with Crippen LogP contribution in [-0.2, 0) is 9.47 Å². The fraction of sp³-hybridized carbons (Fsp3) is 0.688. The Hall–Kier alpha value is -1.11. The Morgan fingerprint density at radius 2 is 2.00 bits per heavy atom. The summed E-state index contributed by atoms with van der Waals surface area (Å²) in [5.41, 5.74) is 1.27. The minimum atomic E-state index is -0.495. The van der Waals surface area contributed by atoms with E-state index in [4.69, 9.17) is 9.47 Å². The quantitative estimate of drug-likeness (QED) is 0.810. The second-order valence-electron chi connectivity index (χ2n) is 6.19. The fourth-order valence-electron chi connectivity index (χ4n) is 2.63. The highest BCUT2D eigenvalue weighted by atomic mass is 32.1. The molecule has 1 aliphatic rings. The monoisotopic (exact) mass is 326 g/mol. The number of thiophene rings is 1. The third-order valence-electron chi connectivity index (χ3n) is 3.91. The number of nitrogens with one attached hydrogen (secondary N) is 2. The molecule has 22 heavy (non-hydrogen) atoms. The molecule has 6 heteroatoms. The molecular formula is C16H26N2O3S. The summed E-state index contributed by atoms with van der Waals surface area (Å²) in [6.45, 7) is 8.71. The first-order chi connectivity index (χ1) is 10.5. The van der Waals surface area contributed by atoms with Gasteiger partial charge in [-0.3, -0.25) is 0 Å². The number of carbonyl (C=O) groups is 1. The van der Waals surface area contributed by atoms with Gasteiger partial charge in [0.25, 0.3) is 0 Å². The minimum Gasteiger partial charge on any atom is -0.348 e. The number of rotatable bonds is 7. The third-order valence-corrected chi connectivity index (χ3v) is 4.61. The maximum atomic E-state index is 11.9. The van der Waals surface area contributed by atoms with E-state index in [-0.39, 0.29) is 6.03 Å². The zero-order chi connectivity index (χ0) is 16.0. The Balaban J connectivity index is 1.62. The predicted octanol–water partition coefficient (Wildman–Crippen LogP) is 2.94. The second-order valence-corrected chi connectivity index (χ2v) is 6.97. The van der Waals surface area contributed by atoms with E-state index in [2.05, 4.69) is 41.3 Å². The first-order valence-electron chi connectivity index (χ1n) is 7.80. The molecule has 1 aromatic rings. The zero-order valence-electron chi connectivity index (χ0n) is 13.6. The smallest absolute Gasteiger partial charge is 0.314 e. The van der Waals surface area contributed by atoms with Crippen molar-refractivity contribution in [2.45, 2.75) is 38.9 Å². The lowest BCUT2D eigenvalue weighted by atomic mass is 10.0. The van der Waals surface area contributed by atoms with E-state index in [0.29, 0.717) is 38.1 Å². The number of hydrogen-bond donors (Lipinski definition) is 2. The summed E-state index contributed by atoms with van der Waals surface area (Å²) in [5.74, 6) is 0.127. The van der Waals surface area contributed by atoms with E-state index in [9.17, 15) is 4.79 Å². The lowest BCUT2D eigenvalue weighted by Crippen LogP contribution is -2.40. The van der Waals surface area contributed by atoms with Gasteiger partial charge in [0, 0.05) is 19.5 Å². The number of hydrogen-bond acceptors (Lipinski definition) is 4. The minimum absolute atomic E-state index is 0.118. The third kappa shape index (κ3) is 5.26. The lowest BCUT2D eigenvalue weighted by Gasteiger charge is -2.26. The van der Waals surface area contributed by atoms with Crippen molar-refractivity contribution < 1.29 is 14.3 Å². The average Bonchev–Trinajstić information content (AvgIpc) is 3.14. The molecule has 1 aliphatic heterocycles. The van der Waals surface area contributed by atoms with E-state index in [1.54, 1.807) is 11.3 Å². The van der Waals surface area contributed by atoms with Crippen LogP contribution in [-0.4, -0.2) is 38.1 Å². The molecule has 1 aromatic heterocycles. The van der Waals surface area contributed by atoms with Gasteiger partial charge in [0.15, 0.2) is 5.79 Å². The van der Waals surface area contributed by atoms with Crippen molar-refractivity contribution in [3.05, 3.63) is 22.4 Å². The van der Waals surface area contributed by atoms with Gasteiger partial charge in [-0.05, 0) is 41.1 Å². The standard InChI is InChI=1S/C16H26N2O3S/c1-12(8-16(3)20-5-6-21-16)9-17-15(19)18-10-13(2)14-4-7-22-11-14/h4,7,11-13H,5-6,8-10H2,1-3H3,(H2,17,18,19)/t12-,13-/m1/s1. The summed E-state index contributed by atoms with van der Waals surface area (Å²) in [4.78, 5) is 11.9. The van der Waals surface area contributed by atoms with Gasteiger partial charge in [0.1, 0.15) is 0 Å². The van der Waals surface area contributed by atoms with Crippen molar-refractivity contribution in [2.75, 3.05) is 26.3 Å². The van der Waals surface area contributed by atoms with E-state index in [1.807, 2.05) is 6.92 Å². The molecule has 2 heterocycles. The molecule has 5 nitrogen and oxygen atoms in total. The molecule has 1 saturated heterocycles. The molecule has 1 fully saturated rings. The fourth-order valence-corrected chi connectivity index (χ4v) is 3.41.